The van der Waals surface area contributed by atoms with Crippen LogP contribution in [0.2, 0.25) is 0 Å². The number of hydrogen-bond acceptors (Lipinski definition) is 6. The molecule has 2 N–H and O–H groups in total. The smallest absolute Gasteiger partial charge is 0.251 e. The third kappa shape index (κ3) is 5.35. The molecule has 1 atom stereocenters. The van der Waals surface area contributed by atoms with E-state index in [9.17, 15) is 18.0 Å². The van der Waals surface area contributed by atoms with Crippen LogP contribution in [0.5, 0.6) is 0 Å². The van der Waals surface area contributed by atoms with Gasteiger partial charge in [0.1, 0.15) is 6.04 Å². The Hall–Kier alpha value is -3.08. The van der Waals surface area contributed by atoms with Crippen LogP contribution < -0.4 is 10.6 Å². The van der Waals surface area contributed by atoms with E-state index in [0.717, 1.165) is 15.6 Å². The zero-order valence-electron chi connectivity index (χ0n) is 17.2. The molecule has 0 radical (unpaired) electrons. The fourth-order valence-corrected chi connectivity index (χ4v) is 4.31. The molecular weight excluding hydrogens is 436 g/mol. The van der Waals surface area contributed by atoms with Crippen LogP contribution in [0, 0.1) is 0 Å². The Morgan fingerprint density at radius 3 is 2.45 bits per heavy atom. The highest BCUT2D eigenvalue weighted by Crippen LogP contribution is 2.24. The lowest BCUT2D eigenvalue weighted by molar-refractivity contribution is -0.117. The van der Waals surface area contributed by atoms with Gasteiger partial charge in [0.2, 0.25) is 15.9 Å². The molecule has 0 saturated heterocycles. The molecular formula is C21H22N4O4S2. The molecule has 0 fully saturated rings. The molecule has 1 heterocycles. The Balaban J connectivity index is 1.65. The molecule has 3 rings (SSSR count). The van der Waals surface area contributed by atoms with E-state index in [1.54, 1.807) is 6.92 Å². The Morgan fingerprint density at radius 2 is 1.77 bits per heavy atom. The number of sulfonamides is 1. The third-order valence-corrected chi connectivity index (χ3v) is 6.99. The summed E-state index contributed by atoms with van der Waals surface area (Å²) in [6.45, 7) is 1.54. The number of aromatic nitrogens is 1. The highest BCUT2D eigenvalue weighted by Gasteiger charge is 2.21. The lowest BCUT2D eigenvalue weighted by Gasteiger charge is -2.14. The molecule has 3 aromatic rings. The number of nitrogens with one attached hydrogen (secondary N) is 2. The molecule has 0 aliphatic heterocycles. The Labute approximate surface area is 185 Å². The SMILES string of the molecule is CC(NC(=O)c1cccc(S(=O)(=O)N(C)C)c1)C(=O)Nc1nc(-c2ccccc2)cs1. The maximum absolute atomic E-state index is 12.5. The molecule has 0 aliphatic rings. The van der Waals surface area contributed by atoms with Gasteiger partial charge in [-0.1, -0.05) is 36.4 Å². The first-order valence-corrected chi connectivity index (χ1v) is 11.7. The Bertz CT molecular complexity index is 1190. The lowest BCUT2D eigenvalue weighted by atomic mass is 10.2. The van der Waals surface area contributed by atoms with Gasteiger partial charge in [-0.2, -0.15) is 0 Å². The van der Waals surface area contributed by atoms with E-state index >= 15 is 0 Å². The van der Waals surface area contributed by atoms with Gasteiger partial charge in [0.15, 0.2) is 5.13 Å². The Kier molecular flexibility index (Phi) is 6.84. The average Bonchev–Trinajstić information content (AvgIpc) is 3.22. The van der Waals surface area contributed by atoms with Gasteiger partial charge in [0, 0.05) is 30.6 Å². The van der Waals surface area contributed by atoms with Crippen molar-refractivity contribution in [2.45, 2.75) is 17.9 Å². The monoisotopic (exact) mass is 458 g/mol. The summed E-state index contributed by atoms with van der Waals surface area (Å²) in [7, 11) is -0.846. The van der Waals surface area contributed by atoms with E-state index in [-0.39, 0.29) is 10.5 Å². The van der Waals surface area contributed by atoms with Crippen LogP contribution in [-0.4, -0.2) is 49.7 Å². The molecule has 1 unspecified atom stereocenters. The van der Waals surface area contributed by atoms with Crippen LogP contribution >= 0.6 is 11.3 Å². The van der Waals surface area contributed by atoms with E-state index < -0.39 is 27.9 Å². The minimum absolute atomic E-state index is 0.00141. The van der Waals surface area contributed by atoms with E-state index in [2.05, 4.69) is 15.6 Å². The number of nitrogens with zero attached hydrogens (tertiary/aromatic N) is 2. The van der Waals surface area contributed by atoms with Gasteiger partial charge < -0.3 is 10.6 Å². The highest BCUT2D eigenvalue weighted by atomic mass is 32.2. The second-order valence-electron chi connectivity index (χ2n) is 6.90. The van der Waals surface area contributed by atoms with Crippen LogP contribution in [-0.2, 0) is 14.8 Å². The maximum atomic E-state index is 12.5. The molecule has 0 aliphatic carbocycles. The normalized spacial score (nSPS) is 12.4. The number of benzene rings is 2. The number of thiazole rings is 1. The van der Waals surface area contributed by atoms with Crippen molar-refractivity contribution in [3.63, 3.8) is 0 Å². The first kappa shape index (κ1) is 22.6. The minimum Gasteiger partial charge on any atom is -0.341 e. The summed E-state index contributed by atoms with van der Waals surface area (Å²) >= 11 is 1.29. The molecule has 31 heavy (non-hydrogen) atoms. The van der Waals surface area contributed by atoms with Crippen molar-refractivity contribution in [3.8, 4) is 11.3 Å². The van der Waals surface area contributed by atoms with Crippen molar-refractivity contribution in [1.29, 1.82) is 0 Å². The molecule has 2 aromatic carbocycles. The second kappa shape index (κ2) is 9.38. The summed E-state index contributed by atoms with van der Waals surface area (Å²) in [6, 6.07) is 14.4. The van der Waals surface area contributed by atoms with E-state index in [1.165, 1.54) is 49.7 Å². The van der Waals surface area contributed by atoms with Crippen LogP contribution in [0.3, 0.4) is 0 Å². The topological polar surface area (TPSA) is 108 Å². The first-order valence-electron chi connectivity index (χ1n) is 9.34. The van der Waals surface area contributed by atoms with Gasteiger partial charge in [-0.3, -0.25) is 9.59 Å². The van der Waals surface area contributed by atoms with Crippen LogP contribution in [0.15, 0.2) is 64.9 Å². The van der Waals surface area contributed by atoms with Crippen LogP contribution in [0.25, 0.3) is 11.3 Å². The van der Waals surface area contributed by atoms with Gasteiger partial charge >= 0.3 is 0 Å². The molecule has 1 aromatic heterocycles. The molecule has 8 nitrogen and oxygen atoms in total. The minimum atomic E-state index is -3.67. The second-order valence-corrected chi connectivity index (χ2v) is 9.91. The standard InChI is InChI=1S/C21H22N4O4S2/c1-14(19(26)24-21-23-18(13-30-21)15-8-5-4-6-9-15)22-20(27)16-10-7-11-17(12-16)31(28,29)25(2)3/h4-14H,1-3H3,(H,22,27)(H,23,24,26). The van der Waals surface area contributed by atoms with Crippen molar-refractivity contribution in [3.05, 3.63) is 65.5 Å². The maximum Gasteiger partial charge on any atom is 0.251 e. The number of hydrogen-bond donors (Lipinski definition) is 2. The van der Waals surface area contributed by atoms with Gasteiger partial charge in [-0.05, 0) is 25.1 Å². The van der Waals surface area contributed by atoms with Crippen molar-refractivity contribution < 1.29 is 18.0 Å². The summed E-state index contributed by atoms with van der Waals surface area (Å²) in [6.07, 6.45) is 0. The Morgan fingerprint density at radius 1 is 1.06 bits per heavy atom. The number of rotatable bonds is 7. The number of amides is 2. The van der Waals surface area contributed by atoms with Gasteiger partial charge in [-0.25, -0.2) is 17.7 Å². The summed E-state index contributed by atoms with van der Waals surface area (Å²) in [5.41, 5.74) is 1.83. The zero-order valence-corrected chi connectivity index (χ0v) is 18.8. The molecule has 0 bridgehead atoms. The largest absolute Gasteiger partial charge is 0.341 e. The lowest BCUT2D eigenvalue weighted by Crippen LogP contribution is -2.41. The zero-order chi connectivity index (χ0) is 22.6. The molecule has 2 amide bonds. The number of carbonyl (C=O) groups excluding carboxylic acids is 2. The van der Waals surface area contributed by atoms with Gasteiger partial charge in [-0.15, -0.1) is 11.3 Å². The van der Waals surface area contributed by atoms with E-state index in [0.29, 0.717) is 5.13 Å². The number of carbonyl (C=O) groups is 2. The predicted octanol–water partition coefficient (Wildman–Crippen LogP) is 2.82. The van der Waals surface area contributed by atoms with Crippen LogP contribution in [0.1, 0.15) is 17.3 Å². The summed E-state index contributed by atoms with van der Waals surface area (Å²) in [5, 5.41) is 7.53. The molecule has 0 saturated carbocycles. The quantitative estimate of drug-likeness (QED) is 0.566. The molecule has 10 heteroatoms. The van der Waals surface area contributed by atoms with Gasteiger partial charge in [0.25, 0.3) is 5.91 Å². The third-order valence-electron chi connectivity index (χ3n) is 4.42. The van der Waals surface area contributed by atoms with Crippen LogP contribution in [0.4, 0.5) is 5.13 Å². The van der Waals surface area contributed by atoms with E-state index in [1.807, 2.05) is 35.7 Å². The van der Waals surface area contributed by atoms with Crippen molar-refractivity contribution in [1.82, 2.24) is 14.6 Å². The average molecular weight is 459 g/mol. The van der Waals surface area contributed by atoms with Crippen molar-refractivity contribution in [2.75, 3.05) is 19.4 Å². The van der Waals surface area contributed by atoms with Crippen molar-refractivity contribution >= 4 is 38.3 Å². The fraction of sp³-hybridized carbons (Fsp3) is 0.190. The fourth-order valence-electron chi connectivity index (χ4n) is 2.64. The highest BCUT2D eigenvalue weighted by molar-refractivity contribution is 7.89. The van der Waals surface area contributed by atoms with E-state index in [4.69, 9.17) is 0 Å². The summed E-state index contributed by atoms with van der Waals surface area (Å²) in [4.78, 5) is 29.4. The number of anilines is 1. The summed E-state index contributed by atoms with van der Waals surface area (Å²) in [5.74, 6) is -0.984. The first-order chi connectivity index (χ1) is 14.7. The molecule has 162 valence electrons. The summed E-state index contributed by atoms with van der Waals surface area (Å²) < 4.78 is 25.6. The molecule has 0 spiro atoms. The predicted molar refractivity (Wildman–Crippen MR) is 120 cm³/mol. The van der Waals surface area contributed by atoms with Crippen molar-refractivity contribution in [2.24, 2.45) is 0 Å². The van der Waals surface area contributed by atoms with Gasteiger partial charge in [0.05, 0.1) is 10.6 Å².